The molecule has 1 aliphatic heterocycles. The number of hydrogen-bond donors (Lipinski definition) is 1. The van der Waals surface area contributed by atoms with Crippen LogP contribution in [0.4, 0.5) is 5.82 Å². The molecule has 0 atom stereocenters. The van der Waals surface area contributed by atoms with E-state index in [0.29, 0.717) is 0 Å². The number of para-hydroxylation sites is 2. The highest BCUT2D eigenvalue weighted by Gasteiger charge is 2.18. The summed E-state index contributed by atoms with van der Waals surface area (Å²) in [5.74, 6) is 1.50. The van der Waals surface area contributed by atoms with Crippen molar-refractivity contribution < 1.29 is 0 Å². The Kier molecular flexibility index (Phi) is 4.19. The predicted molar refractivity (Wildman–Crippen MR) is 101 cm³/mol. The molecule has 0 bridgehead atoms. The van der Waals surface area contributed by atoms with Crippen LogP contribution in [0, 0.1) is 0 Å². The van der Waals surface area contributed by atoms with Crippen molar-refractivity contribution in [2.45, 2.75) is 6.54 Å². The summed E-state index contributed by atoms with van der Waals surface area (Å²) in [5.41, 5.74) is 1.95. The van der Waals surface area contributed by atoms with Crippen LogP contribution in [0.5, 0.6) is 0 Å². The van der Waals surface area contributed by atoms with E-state index in [-0.39, 0.29) is 5.56 Å². The van der Waals surface area contributed by atoms with Crippen LogP contribution < -0.4 is 15.8 Å². The van der Waals surface area contributed by atoms with Gasteiger partial charge in [0.1, 0.15) is 5.82 Å². The smallest absolute Gasteiger partial charge is 0.261 e. The first-order valence-electron chi connectivity index (χ1n) is 8.76. The lowest BCUT2D eigenvalue weighted by molar-refractivity contribution is 0.388. The van der Waals surface area contributed by atoms with E-state index < -0.39 is 0 Å². The zero-order valence-electron chi connectivity index (χ0n) is 14.8. The lowest BCUT2D eigenvalue weighted by Crippen LogP contribution is -2.44. The number of benzene rings is 1. The lowest BCUT2D eigenvalue weighted by atomic mass is 10.3. The Bertz CT molecular complexity index is 951. The van der Waals surface area contributed by atoms with Gasteiger partial charge in [-0.1, -0.05) is 12.1 Å². The molecular weight excluding hydrogens is 316 g/mol. The number of hydrogen-bond acceptors (Lipinski definition) is 5. The van der Waals surface area contributed by atoms with E-state index >= 15 is 0 Å². The molecule has 0 aliphatic carbocycles. The van der Waals surface area contributed by atoms with Crippen LogP contribution in [-0.2, 0) is 6.54 Å². The Labute approximate surface area is 146 Å². The maximum absolute atomic E-state index is 12.9. The molecule has 1 aromatic carbocycles. The van der Waals surface area contributed by atoms with Crippen LogP contribution in [0.2, 0.25) is 0 Å². The summed E-state index contributed by atoms with van der Waals surface area (Å²) in [7, 11) is 4.11. The van der Waals surface area contributed by atoms with Gasteiger partial charge in [-0.05, 0) is 26.2 Å². The summed E-state index contributed by atoms with van der Waals surface area (Å²) in [6, 6.07) is 9.69. The van der Waals surface area contributed by atoms with Crippen LogP contribution in [0.15, 0.2) is 35.1 Å². The van der Waals surface area contributed by atoms with E-state index in [9.17, 15) is 4.79 Å². The highest BCUT2D eigenvalue weighted by atomic mass is 16.1. The normalized spacial score (nSPS) is 15.6. The Morgan fingerprint density at radius 2 is 1.88 bits per heavy atom. The van der Waals surface area contributed by atoms with Crippen molar-refractivity contribution in [2.24, 2.45) is 0 Å². The maximum Gasteiger partial charge on any atom is 0.261 e. The Balaban J connectivity index is 1.91. The van der Waals surface area contributed by atoms with E-state index in [1.807, 2.05) is 18.2 Å². The van der Waals surface area contributed by atoms with Gasteiger partial charge in [0.05, 0.1) is 11.0 Å². The standard InChI is InChI=1S/C18H24N6O/c1-21(2)11-12-23-14-5-3-4-6-15(14)24-17(25)13-16(20-18(23)24)22-9-7-19-8-10-22/h3-6,13,19H,7-12H2,1-2H3. The fourth-order valence-electron chi connectivity index (χ4n) is 3.43. The molecule has 7 nitrogen and oxygen atoms in total. The quantitative estimate of drug-likeness (QED) is 0.755. The first-order valence-corrected chi connectivity index (χ1v) is 8.76. The molecule has 25 heavy (non-hydrogen) atoms. The molecule has 7 heteroatoms. The molecule has 1 fully saturated rings. The molecule has 2 aromatic heterocycles. The van der Waals surface area contributed by atoms with Gasteiger partial charge in [-0.3, -0.25) is 4.79 Å². The summed E-state index contributed by atoms with van der Waals surface area (Å²) < 4.78 is 3.89. The number of fused-ring (bicyclic) bond motifs is 3. The van der Waals surface area contributed by atoms with Crippen LogP contribution in [0.25, 0.3) is 16.8 Å². The largest absolute Gasteiger partial charge is 0.354 e. The van der Waals surface area contributed by atoms with Gasteiger partial charge >= 0.3 is 0 Å². The van der Waals surface area contributed by atoms with E-state index in [2.05, 4.69) is 39.8 Å². The topological polar surface area (TPSA) is 57.8 Å². The molecule has 0 spiro atoms. The van der Waals surface area contributed by atoms with Gasteiger partial charge < -0.3 is 19.7 Å². The monoisotopic (exact) mass is 340 g/mol. The lowest BCUT2D eigenvalue weighted by Gasteiger charge is -2.28. The third-order valence-electron chi connectivity index (χ3n) is 4.75. The highest BCUT2D eigenvalue weighted by Crippen LogP contribution is 2.20. The van der Waals surface area contributed by atoms with Crippen LogP contribution in [0.3, 0.4) is 0 Å². The van der Waals surface area contributed by atoms with Crippen molar-refractivity contribution in [1.82, 2.24) is 24.2 Å². The fraction of sp³-hybridized carbons (Fsp3) is 0.444. The molecule has 1 saturated heterocycles. The molecule has 0 saturated carbocycles. The number of piperazine rings is 1. The van der Waals surface area contributed by atoms with Crippen LogP contribution in [0.1, 0.15) is 0 Å². The van der Waals surface area contributed by atoms with Gasteiger partial charge in [-0.2, -0.15) is 4.98 Å². The minimum Gasteiger partial charge on any atom is -0.354 e. The van der Waals surface area contributed by atoms with E-state index in [4.69, 9.17) is 4.98 Å². The number of likely N-dealkylation sites (N-methyl/N-ethyl adjacent to an activating group) is 1. The number of rotatable bonds is 4. The second-order valence-corrected chi connectivity index (χ2v) is 6.77. The van der Waals surface area contributed by atoms with Gasteiger partial charge in [0.25, 0.3) is 5.56 Å². The Hall–Kier alpha value is -2.38. The number of anilines is 1. The molecule has 3 aromatic rings. The molecule has 132 valence electrons. The first kappa shape index (κ1) is 16.1. The minimum absolute atomic E-state index is 0.0154. The van der Waals surface area contributed by atoms with E-state index in [1.54, 1.807) is 10.5 Å². The maximum atomic E-state index is 12.9. The second-order valence-electron chi connectivity index (χ2n) is 6.77. The predicted octanol–water partition coefficient (Wildman–Crippen LogP) is 0.620. The van der Waals surface area contributed by atoms with Crippen molar-refractivity contribution in [3.8, 4) is 0 Å². The van der Waals surface area contributed by atoms with Crippen molar-refractivity contribution in [3.05, 3.63) is 40.7 Å². The van der Waals surface area contributed by atoms with Crippen molar-refractivity contribution in [2.75, 3.05) is 51.7 Å². The summed E-state index contributed by atoms with van der Waals surface area (Å²) >= 11 is 0. The van der Waals surface area contributed by atoms with Crippen LogP contribution >= 0.6 is 0 Å². The SMILES string of the molecule is CN(C)CCn1c2ccccc2n2c(=O)cc(N3CCNCC3)nc12. The van der Waals surface area contributed by atoms with Crippen molar-refractivity contribution >= 4 is 22.6 Å². The Morgan fingerprint density at radius 3 is 2.60 bits per heavy atom. The minimum atomic E-state index is -0.0154. The number of imidazole rings is 1. The summed E-state index contributed by atoms with van der Waals surface area (Å²) in [6.45, 7) is 5.28. The summed E-state index contributed by atoms with van der Waals surface area (Å²) in [6.07, 6.45) is 0. The van der Waals surface area contributed by atoms with Gasteiger partial charge in [0, 0.05) is 45.3 Å². The number of aromatic nitrogens is 3. The third kappa shape index (κ3) is 2.89. The molecule has 3 heterocycles. The van der Waals surface area contributed by atoms with Crippen molar-refractivity contribution in [3.63, 3.8) is 0 Å². The van der Waals surface area contributed by atoms with E-state index in [0.717, 1.165) is 61.9 Å². The number of nitrogens with one attached hydrogen (secondary N) is 1. The highest BCUT2D eigenvalue weighted by molar-refractivity contribution is 5.81. The van der Waals surface area contributed by atoms with Gasteiger partial charge in [-0.15, -0.1) is 0 Å². The average molecular weight is 340 g/mol. The molecule has 0 amide bonds. The molecule has 0 unspecified atom stereocenters. The fourth-order valence-corrected chi connectivity index (χ4v) is 3.43. The average Bonchev–Trinajstić information content (AvgIpc) is 2.94. The zero-order chi connectivity index (χ0) is 17.4. The van der Waals surface area contributed by atoms with E-state index in [1.165, 1.54) is 0 Å². The molecule has 4 rings (SSSR count). The van der Waals surface area contributed by atoms with Gasteiger partial charge in [0.2, 0.25) is 5.78 Å². The summed E-state index contributed by atoms with van der Waals surface area (Å²) in [4.78, 5) is 22.1. The molecule has 1 aliphatic rings. The summed E-state index contributed by atoms with van der Waals surface area (Å²) in [5, 5.41) is 3.34. The zero-order valence-corrected chi connectivity index (χ0v) is 14.8. The van der Waals surface area contributed by atoms with Crippen LogP contribution in [-0.4, -0.2) is 65.7 Å². The molecule has 0 radical (unpaired) electrons. The first-order chi connectivity index (χ1) is 12.1. The van der Waals surface area contributed by atoms with Gasteiger partial charge in [-0.25, -0.2) is 4.40 Å². The second kappa shape index (κ2) is 6.50. The Morgan fingerprint density at radius 1 is 1.16 bits per heavy atom. The molecular formula is C18H24N6O. The third-order valence-corrected chi connectivity index (χ3v) is 4.75. The number of nitrogens with zero attached hydrogens (tertiary/aromatic N) is 5. The van der Waals surface area contributed by atoms with Crippen molar-refractivity contribution in [1.29, 1.82) is 0 Å². The molecule has 1 N–H and O–H groups in total. The van der Waals surface area contributed by atoms with Gasteiger partial charge in [0.15, 0.2) is 0 Å².